The molecule has 0 bridgehead atoms. The molecule has 0 radical (unpaired) electrons. The van der Waals surface area contributed by atoms with E-state index >= 15 is 0 Å². The molecule has 1 amide bonds. The normalized spacial score (nSPS) is 17.3. The number of sulfonamides is 1. The lowest BCUT2D eigenvalue weighted by Gasteiger charge is -2.20. The Hall–Kier alpha value is -2.42. The zero-order valence-electron chi connectivity index (χ0n) is 18.8. The topological polar surface area (TPSA) is 93.7 Å². The Labute approximate surface area is 190 Å². The molecule has 0 saturated carbocycles. The molecule has 0 unspecified atom stereocenters. The van der Waals surface area contributed by atoms with Crippen molar-refractivity contribution in [2.45, 2.75) is 57.1 Å². The average Bonchev–Trinajstić information content (AvgIpc) is 3.25. The summed E-state index contributed by atoms with van der Waals surface area (Å²) in [6.07, 6.45) is 2.49. The first-order valence-electron chi connectivity index (χ1n) is 11.0. The van der Waals surface area contributed by atoms with Crippen LogP contribution in [0.5, 0.6) is 5.75 Å². The molecule has 32 heavy (non-hydrogen) atoms. The first kappa shape index (κ1) is 24.2. The zero-order valence-corrected chi connectivity index (χ0v) is 19.7. The zero-order chi connectivity index (χ0) is 23.1. The molecular formula is C24H32N2O5S. The fraction of sp³-hybridized carbons (Fsp3) is 0.458. The monoisotopic (exact) mass is 460 g/mol. The Balaban J connectivity index is 1.67. The van der Waals surface area contributed by atoms with Gasteiger partial charge in [0.2, 0.25) is 15.9 Å². The van der Waals surface area contributed by atoms with E-state index in [-0.39, 0.29) is 16.9 Å². The first-order valence-corrected chi connectivity index (χ1v) is 12.5. The fourth-order valence-electron chi connectivity index (χ4n) is 3.51. The van der Waals surface area contributed by atoms with Crippen molar-refractivity contribution in [2.75, 3.05) is 18.5 Å². The van der Waals surface area contributed by atoms with Crippen molar-refractivity contribution >= 4 is 21.6 Å². The van der Waals surface area contributed by atoms with Crippen LogP contribution in [-0.2, 0) is 19.6 Å². The van der Waals surface area contributed by atoms with Gasteiger partial charge < -0.3 is 14.8 Å². The summed E-state index contributed by atoms with van der Waals surface area (Å²) in [6.45, 7) is 7.00. The van der Waals surface area contributed by atoms with E-state index in [0.29, 0.717) is 24.5 Å². The van der Waals surface area contributed by atoms with Crippen molar-refractivity contribution in [2.24, 2.45) is 5.92 Å². The number of nitrogens with one attached hydrogen (secondary N) is 2. The summed E-state index contributed by atoms with van der Waals surface area (Å²) in [5.74, 6) is 0.331. The summed E-state index contributed by atoms with van der Waals surface area (Å²) in [5.41, 5.74) is 1.50. The van der Waals surface area contributed by atoms with E-state index in [1.165, 1.54) is 12.1 Å². The molecule has 0 aliphatic carbocycles. The second-order valence-electron chi connectivity index (χ2n) is 8.58. The molecular weight excluding hydrogens is 428 g/mol. The van der Waals surface area contributed by atoms with Crippen molar-refractivity contribution in [3.05, 3.63) is 54.1 Å². The maximum Gasteiger partial charge on any atom is 0.242 e. The number of rotatable bonds is 10. The number of aryl methyl sites for hydroxylation is 1. The van der Waals surface area contributed by atoms with Crippen LogP contribution in [0.2, 0.25) is 0 Å². The van der Waals surface area contributed by atoms with Gasteiger partial charge in [0.05, 0.1) is 11.0 Å². The Morgan fingerprint density at radius 1 is 1.19 bits per heavy atom. The van der Waals surface area contributed by atoms with Gasteiger partial charge in [0.1, 0.15) is 18.4 Å². The minimum absolute atomic E-state index is 0.0971. The van der Waals surface area contributed by atoms with Crippen molar-refractivity contribution in [3.8, 4) is 5.75 Å². The minimum Gasteiger partial charge on any atom is -0.491 e. The Bertz CT molecular complexity index is 999. The molecule has 174 valence electrons. The predicted molar refractivity (Wildman–Crippen MR) is 124 cm³/mol. The second-order valence-corrected chi connectivity index (χ2v) is 10.3. The van der Waals surface area contributed by atoms with Crippen LogP contribution in [0, 0.1) is 12.8 Å². The van der Waals surface area contributed by atoms with E-state index in [9.17, 15) is 13.2 Å². The van der Waals surface area contributed by atoms with E-state index in [1.54, 1.807) is 30.3 Å². The van der Waals surface area contributed by atoms with Gasteiger partial charge in [-0.2, -0.15) is 4.72 Å². The molecule has 2 N–H and O–H groups in total. The van der Waals surface area contributed by atoms with Crippen LogP contribution >= 0.6 is 0 Å². The SMILES string of the molecule is Cc1ccc(S(=O)(=O)N[C@H](CC(C)C)C(=O)Nc2cccc(OC[C@@H]3CCCO3)c2)cc1. The van der Waals surface area contributed by atoms with Gasteiger partial charge in [-0.05, 0) is 56.4 Å². The van der Waals surface area contributed by atoms with Crippen molar-refractivity contribution in [1.82, 2.24) is 4.72 Å². The molecule has 2 atom stereocenters. The number of hydrogen-bond acceptors (Lipinski definition) is 5. The Morgan fingerprint density at radius 2 is 1.94 bits per heavy atom. The van der Waals surface area contributed by atoms with Gasteiger partial charge in [-0.25, -0.2) is 8.42 Å². The number of hydrogen-bond donors (Lipinski definition) is 2. The lowest BCUT2D eigenvalue weighted by atomic mass is 10.0. The smallest absolute Gasteiger partial charge is 0.242 e. The lowest BCUT2D eigenvalue weighted by molar-refractivity contribution is -0.118. The van der Waals surface area contributed by atoms with E-state index < -0.39 is 22.0 Å². The number of ether oxygens (including phenoxy) is 2. The van der Waals surface area contributed by atoms with E-state index in [0.717, 1.165) is 25.0 Å². The molecule has 1 saturated heterocycles. The van der Waals surface area contributed by atoms with Crippen LogP contribution in [0.3, 0.4) is 0 Å². The molecule has 2 aromatic rings. The van der Waals surface area contributed by atoms with Crippen molar-refractivity contribution < 1.29 is 22.7 Å². The van der Waals surface area contributed by atoms with Crippen LogP contribution in [0.25, 0.3) is 0 Å². The number of amides is 1. The van der Waals surface area contributed by atoms with Gasteiger partial charge >= 0.3 is 0 Å². The summed E-state index contributed by atoms with van der Waals surface area (Å²) in [7, 11) is -3.83. The van der Waals surface area contributed by atoms with Crippen molar-refractivity contribution in [3.63, 3.8) is 0 Å². The number of anilines is 1. The van der Waals surface area contributed by atoms with Gasteiger partial charge in [-0.3, -0.25) is 4.79 Å². The Morgan fingerprint density at radius 3 is 2.59 bits per heavy atom. The molecule has 3 rings (SSSR count). The van der Waals surface area contributed by atoms with Gasteiger partial charge in [0.25, 0.3) is 0 Å². The molecule has 1 aliphatic heterocycles. The molecule has 0 spiro atoms. The van der Waals surface area contributed by atoms with Crippen LogP contribution in [0.4, 0.5) is 5.69 Å². The first-order chi connectivity index (χ1) is 15.2. The number of carbonyl (C=O) groups is 1. The van der Waals surface area contributed by atoms with E-state index in [2.05, 4.69) is 10.0 Å². The van der Waals surface area contributed by atoms with E-state index in [4.69, 9.17) is 9.47 Å². The maximum atomic E-state index is 13.0. The summed E-state index contributed by atoms with van der Waals surface area (Å²) in [4.78, 5) is 13.1. The molecule has 2 aromatic carbocycles. The van der Waals surface area contributed by atoms with Gasteiger partial charge in [-0.1, -0.05) is 37.6 Å². The largest absolute Gasteiger partial charge is 0.491 e. The van der Waals surface area contributed by atoms with Crippen LogP contribution < -0.4 is 14.8 Å². The highest BCUT2D eigenvalue weighted by Gasteiger charge is 2.27. The van der Waals surface area contributed by atoms with Gasteiger partial charge in [-0.15, -0.1) is 0 Å². The third-order valence-electron chi connectivity index (χ3n) is 5.21. The highest BCUT2D eigenvalue weighted by molar-refractivity contribution is 7.89. The Kier molecular flexibility index (Phi) is 8.28. The maximum absolute atomic E-state index is 13.0. The van der Waals surface area contributed by atoms with Crippen molar-refractivity contribution in [1.29, 1.82) is 0 Å². The van der Waals surface area contributed by atoms with Gasteiger partial charge in [0, 0.05) is 18.4 Å². The average molecular weight is 461 g/mol. The third kappa shape index (κ3) is 7.05. The summed E-state index contributed by atoms with van der Waals surface area (Å²) in [5, 5.41) is 2.82. The van der Waals surface area contributed by atoms with Gasteiger partial charge in [0.15, 0.2) is 0 Å². The molecule has 0 aromatic heterocycles. The summed E-state index contributed by atoms with van der Waals surface area (Å²) >= 11 is 0. The highest BCUT2D eigenvalue weighted by Crippen LogP contribution is 2.21. The molecule has 7 nitrogen and oxygen atoms in total. The predicted octanol–water partition coefficient (Wildman–Crippen LogP) is 3.88. The fourth-order valence-corrected chi connectivity index (χ4v) is 4.72. The molecule has 1 fully saturated rings. The quantitative estimate of drug-likeness (QED) is 0.561. The van der Waals surface area contributed by atoms with Crippen LogP contribution in [0.15, 0.2) is 53.4 Å². The summed E-state index contributed by atoms with van der Waals surface area (Å²) < 4.78 is 39.6. The second kappa shape index (κ2) is 10.9. The standard InChI is InChI=1S/C24H32N2O5S/c1-17(2)14-23(26-32(28,29)22-11-9-18(3)10-12-22)24(27)25-19-6-4-7-20(15-19)31-16-21-8-5-13-30-21/h4,6-7,9-12,15,17,21,23,26H,5,8,13-14,16H2,1-3H3,(H,25,27)/t21-,23+/m0/s1. The highest BCUT2D eigenvalue weighted by atomic mass is 32.2. The van der Waals surface area contributed by atoms with Crippen LogP contribution in [-0.4, -0.2) is 39.7 Å². The molecule has 8 heteroatoms. The van der Waals surface area contributed by atoms with Crippen LogP contribution in [0.1, 0.15) is 38.7 Å². The van der Waals surface area contributed by atoms with E-state index in [1.807, 2.05) is 26.8 Å². The lowest BCUT2D eigenvalue weighted by Crippen LogP contribution is -2.44. The summed E-state index contributed by atoms with van der Waals surface area (Å²) in [6, 6.07) is 12.7. The minimum atomic E-state index is -3.83. The molecule has 1 heterocycles. The number of carbonyl (C=O) groups excluding carboxylic acids is 1. The third-order valence-corrected chi connectivity index (χ3v) is 6.70. The molecule has 1 aliphatic rings. The number of benzene rings is 2.